The van der Waals surface area contributed by atoms with E-state index in [1.165, 1.54) is 0 Å². The zero-order chi connectivity index (χ0) is 20.5. The summed E-state index contributed by atoms with van der Waals surface area (Å²) >= 11 is 0. The lowest BCUT2D eigenvalue weighted by Crippen LogP contribution is -2.57. The van der Waals surface area contributed by atoms with Gasteiger partial charge in [0.1, 0.15) is 8.07 Å². The Kier molecular flexibility index (Phi) is 7.52. The van der Waals surface area contributed by atoms with Crippen LogP contribution in [0.3, 0.4) is 0 Å². The minimum atomic E-state index is -1.68. The standard InChI is InChI=1S/C22H40Si5/c1-23(2)17-11-18(24(3)4)14-21(13-17)27(9,10)22-15-19(25(5)6)12-20(16-22)26(7)8/h11-16,23-26H,1-10H3. The normalized spacial score (nSPS) is 12.7. The van der Waals surface area contributed by atoms with Crippen LogP contribution in [0.5, 0.6) is 0 Å². The van der Waals surface area contributed by atoms with E-state index in [2.05, 4.69) is 102 Å². The summed E-state index contributed by atoms with van der Waals surface area (Å²) in [5.41, 5.74) is 0. The van der Waals surface area contributed by atoms with Crippen LogP contribution in [0, 0.1) is 0 Å². The van der Waals surface area contributed by atoms with Crippen molar-refractivity contribution in [3.63, 3.8) is 0 Å². The Morgan fingerprint density at radius 3 is 0.852 bits per heavy atom. The third kappa shape index (κ3) is 5.32. The van der Waals surface area contributed by atoms with Crippen LogP contribution < -0.4 is 31.1 Å². The van der Waals surface area contributed by atoms with Gasteiger partial charge in [0.2, 0.25) is 0 Å². The molecule has 0 spiro atoms. The van der Waals surface area contributed by atoms with Crippen molar-refractivity contribution < 1.29 is 0 Å². The fourth-order valence-electron chi connectivity index (χ4n) is 3.57. The summed E-state index contributed by atoms with van der Waals surface area (Å²) in [7, 11) is -4.82. The van der Waals surface area contributed by atoms with Crippen LogP contribution in [0.25, 0.3) is 0 Å². The maximum Gasteiger partial charge on any atom is 0.112 e. The van der Waals surface area contributed by atoms with E-state index in [1.54, 1.807) is 31.1 Å². The molecule has 0 N–H and O–H groups in total. The predicted molar refractivity (Wildman–Crippen MR) is 144 cm³/mol. The van der Waals surface area contributed by atoms with Crippen molar-refractivity contribution in [1.29, 1.82) is 0 Å². The average Bonchev–Trinajstić information content (AvgIpc) is 2.60. The molecule has 0 aliphatic carbocycles. The van der Waals surface area contributed by atoms with Crippen LogP contribution in [-0.4, -0.2) is 43.3 Å². The molecule has 0 atom stereocenters. The number of hydrogen-bond acceptors (Lipinski definition) is 0. The molecule has 27 heavy (non-hydrogen) atoms. The van der Waals surface area contributed by atoms with E-state index < -0.39 is 43.3 Å². The van der Waals surface area contributed by atoms with E-state index in [9.17, 15) is 0 Å². The maximum absolute atomic E-state index is 2.61. The lowest BCUT2D eigenvalue weighted by molar-refractivity contribution is 1.71. The fourth-order valence-corrected chi connectivity index (χ4v) is 11.2. The zero-order valence-corrected chi connectivity index (χ0v) is 24.9. The summed E-state index contributed by atoms with van der Waals surface area (Å²) in [5.74, 6) is 0. The first-order valence-electron chi connectivity index (χ1n) is 10.7. The Morgan fingerprint density at radius 1 is 0.444 bits per heavy atom. The van der Waals surface area contributed by atoms with Gasteiger partial charge in [0.15, 0.2) is 0 Å². The van der Waals surface area contributed by atoms with Gasteiger partial charge in [-0.3, -0.25) is 0 Å². The van der Waals surface area contributed by atoms with Crippen molar-refractivity contribution >= 4 is 74.4 Å². The predicted octanol–water partition coefficient (Wildman–Crippen LogP) is 1.28. The van der Waals surface area contributed by atoms with Crippen LogP contribution in [0.4, 0.5) is 0 Å². The fraction of sp³-hybridized carbons (Fsp3) is 0.455. The van der Waals surface area contributed by atoms with Crippen LogP contribution in [0.15, 0.2) is 36.4 Å². The number of benzene rings is 2. The summed E-state index contributed by atoms with van der Waals surface area (Å²) in [6.45, 7) is 25.0. The average molecular weight is 445 g/mol. The highest BCUT2D eigenvalue weighted by Crippen LogP contribution is 2.05. The monoisotopic (exact) mass is 444 g/mol. The molecule has 0 unspecified atom stereocenters. The van der Waals surface area contributed by atoms with Gasteiger partial charge in [-0.1, -0.05) is 133 Å². The Labute approximate surface area is 175 Å². The molecule has 0 aliphatic heterocycles. The summed E-state index contributed by atoms with van der Waals surface area (Å²) in [6.07, 6.45) is 0. The molecule has 0 nitrogen and oxygen atoms in total. The van der Waals surface area contributed by atoms with Crippen molar-refractivity contribution in [2.45, 2.75) is 65.5 Å². The molecule has 0 aliphatic rings. The van der Waals surface area contributed by atoms with Crippen molar-refractivity contribution in [3.8, 4) is 0 Å². The molecule has 0 aromatic heterocycles. The summed E-state index contributed by atoms with van der Waals surface area (Å²) in [4.78, 5) is 0. The molecule has 0 saturated heterocycles. The van der Waals surface area contributed by atoms with Crippen LogP contribution in [-0.2, 0) is 0 Å². The van der Waals surface area contributed by atoms with Crippen molar-refractivity contribution in [2.75, 3.05) is 0 Å². The quantitative estimate of drug-likeness (QED) is 0.589. The number of hydrogen-bond donors (Lipinski definition) is 0. The van der Waals surface area contributed by atoms with Gasteiger partial charge in [-0.2, -0.15) is 0 Å². The van der Waals surface area contributed by atoms with Crippen LogP contribution >= 0.6 is 0 Å². The Morgan fingerprint density at radius 2 is 0.667 bits per heavy atom. The first-order chi connectivity index (χ1) is 12.4. The van der Waals surface area contributed by atoms with Crippen molar-refractivity contribution in [1.82, 2.24) is 0 Å². The van der Waals surface area contributed by atoms with Crippen molar-refractivity contribution in [3.05, 3.63) is 36.4 Å². The van der Waals surface area contributed by atoms with Gasteiger partial charge in [0, 0.05) is 0 Å². The second-order valence-electron chi connectivity index (χ2n) is 10.0. The van der Waals surface area contributed by atoms with E-state index in [0.29, 0.717) is 0 Å². The Hall–Kier alpha value is -0.476. The van der Waals surface area contributed by atoms with Gasteiger partial charge >= 0.3 is 0 Å². The molecular formula is C22H40Si5. The minimum absolute atomic E-state index is 0.786. The Bertz CT molecular complexity index is 673. The van der Waals surface area contributed by atoms with Crippen LogP contribution in [0.2, 0.25) is 65.5 Å². The SMILES string of the molecule is C[SiH](C)c1cc([SiH](C)C)cc([Si](C)(C)c2cc([SiH](C)C)cc([SiH](C)C)c2)c1. The van der Waals surface area contributed by atoms with E-state index in [0.717, 1.165) is 0 Å². The highest BCUT2D eigenvalue weighted by Gasteiger charge is 2.29. The molecule has 0 radical (unpaired) electrons. The Balaban J connectivity index is 2.67. The molecule has 0 heterocycles. The smallest absolute Gasteiger partial charge is 0.0682 e. The van der Waals surface area contributed by atoms with Crippen molar-refractivity contribution in [2.24, 2.45) is 0 Å². The second kappa shape index (κ2) is 8.90. The molecular weight excluding hydrogens is 405 g/mol. The zero-order valence-electron chi connectivity index (χ0n) is 19.3. The lowest BCUT2D eigenvalue weighted by Gasteiger charge is -2.28. The highest BCUT2D eigenvalue weighted by atomic mass is 28.3. The highest BCUT2D eigenvalue weighted by molar-refractivity contribution is 7.01. The van der Waals surface area contributed by atoms with E-state index >= 15 is 0 Å². The molecule has 2 aromatic rings. The second-order valence-corrected chi connectivity index (χ2v) is 26.3. The molecule has 0 fully saturated rings. The van der Waals surface area contributed by atoms with Gasteiger partial charge in [-0.05, 0) is 0 Å². The minimum Gasteiger partial charge on any atom is -0.0682 e. The van der Waals surface area contributed by atoms with Gasteiger partial charge < -0.3 is 0 Å². The summed E-state index contributed by atoms with van der Waals surface area (Å²) in [5, 5.41) is 10.1. The van der Waals surface area contributed by atoms with E-state index in [4.69, 9.17) is 0 Å². The van der Waals surface area contributed by atoms with Gasteiger partial charge in [0.25, 0.3) is 0 Å². The topological polar surface area (TPSA) is 0 Å². The first-order valence-corrected chi connectivity index (χ1v) is 25.3. The molecule has 0 bridgehead atoms. The van der Waals surface area contributed by atoms with Gasteiger partial charge in [-0.15, -0.1) is 0 Å². The molecule has 2 rings (SSSR count). The van der Waals surface area contributed by atoms with Gasteiger partial charge in [0.05, 0.1) is 35.2 Å². The third-order valence-corrected chi connectivity index (χ3v) is 16.2. The molecule has 148 valence electrons. The largest absolute Gasteiger partial charge is 0.112 e. The first kappa shape index (κ1) is 22.8. The summed E-state index contributed by atoms with van der Waals surface area (Å²) < 4.78 is 0. The molecule has 5 heteroatoms. The molecule has 0 amide bonds. The number of rotatable bonds is 6. The van der Waals surface area contributed by atoms with E-state index in [-0.39, 0.29) is 0 Å². The van der Waals surface area contributed by atoms with Gasteiger partial charge in [-0.25, -0.2) is 0 Å². The third-order valence-electron chi connectivity index (χ3n) is 6.07. The molecule has 2 aromatic carbocycles. The van der Waals surface area contributed by atoms with E-state index in [1.807, 2.05) is 0 Å². The lowest BCUT2D eigenvalue weighted by atomic mass is 10.3. The van der Waals surface area contributed by atoms with Crippen LogP contribution in [0.1, 0.15) is 0 Å². The summed E-state index contributed by atoms with van der Waals surface area (Å²) in [6, 6.07) is 15.5. The maximum atomic E-state index is 2.61. The molecule has 0 saturated carbocycles.